The number of hydrogen-bond donors (Lipinski definition) is 0. The fourth-order valence-corrected chi connectivity index (χ4v) is 11.0. The maximum absolute atomic E-state index is 12.8. The van der Waals surface area contributed by atoms with Gasteiger partial charge in [0.2, 0.25) is 0 Å². The maximum Gasteiger partial charge on any atom is 4.00 e. The van der Waals surface area contributed by atoms with Gasteiger partial charge >= 0.3 is 21.7 Å². The monoisotopic (exact) mass is 599 g/mol. The summed E-state index contributed by atoms with van der Waals surface area (Å²) in [6.45, 7) is 27.1. The molecule has 0 N–H and O–H groups in total. The van der Waals surface area contributed by atoms with Crippen molar-refractivity contribution in [3.63, 3.8) is 0 Å². The maximum atomic E-state index is 12.8. The van der Waals surface area contributed by atoms with E-state index >= 15 is 0 Å². The normalized spacial score (nSPS) is 15.2. The van der Waals surface area contributed by atoms with Gasteiger partial charge in [-0.15, -0.1) is 0 Å². The SMILES string of the molecule is C1CCCC1.CC(C)(C)c1ccc2c(c1)C(P(=[N-])(C(C)(C)C)C(C)(C)C)c1cc(C(C)(C)C)ccc1-2.[CH3-].[CH3-].[CH3-].[Ti+4]. The average molecular weight is 600 g/mol. The topological polar surface area (TPSA) is 22.3 Å². The first-order valence-electron chi connectivity index (χ1n) is 14.2. The smallest absolute Gasteiger partial charge is 0.807 e. The zero-order valence-electron chi connectivity index (χ0n) is 29.0. The van der Waals surface area contributed by atoms with E-state index in [1.165, 1.54) is 65.5 Å². The summed E-state index contributed by atoms with van der Waals surface area (Å²) in [6.07, 6.45) is 7.50. The number of benzene rings is 2. The molecule has 1 fully saturated rings. The predicted octanol–water partition coefficient (Wildman–Crippen LogP) is 13.0. The summed E-state index contributed by atoms with van der Waals surface area (Å²) in [5.41, 5.74) is 8.14. The molecule has 3 heteroatoms. The molecule has 0 radical (unpaired) electrons. The molecule has 224 valence electrons. The number of rotatable bonds is 1. The summed E-state index contributed by atoms with van der Waals surface area (Å²) in [6, 6.07) is 14.0. The molecule has 0 unspecified atom stereocenters. The quantitative estimate of drug-likeness (QED) is 0.177. The van der Waals surface area contributed by atoms with Gasteiger partial charge in [-0.3, -0.25) is 0 Å². The summed E-state index contributed by atoms with van der Waals surface area (Å²) in [7, 11) is -2.49. The van der Waals surface area contributed by atoms with E-state index in [0.29, 0.717) is 0 Å². The van der Waals surface area contributed by atoms with E-state index in [0.717, 1.165) is 0 Å². The Morgan fingerprint density at radius 3 is 1.05 bits per heavy atom. The van der Waals surface area contributed by atoms with E-state index in [-0.39, 0.29) is 70.8 Å². The Bertz CT molecular complexity index is 1040. The van der Waals surface area contributed by atoms with Gasteiger partial charge in [-0.1, -0.05) is 152 Å². The fourth-order valence-electron chi connectivity index (χ4n) is 6.24. The largest absolute Gasteiger partial charge is 4.00 e. The van der Waals surface area contributed by atoms with Crippen molar-refractivity contribution in [3.8, 4) is 11.1 Å². The zero-order valence-corrected chi connectivity index (χ0v) is 31.4. The Labute approximate surface area is 266 Å². The van der Waals surface area contributed by atoms with E-state index in [9.17, 15) is 5.16 Å². The number of hydrogen-bond acceptors (Lipinski definition) is 0. The summed E-state index contributed by atoms with van der Waals surface area (Å²) in [5.74, 6) is 0. The molecule has 0 aliphatic heterocycles. The van der Waals surface area contributed by atoms with Crippen LogP contribution in [0.2, 0.25) is 0 Å². The van der Waals surface area contributed by atoms with Crippen molar-refractivity contribution < 1.29 is 21.7 Å². The van der Waals surface area contributed by atoms with Crippen molar-refractivity contribution in [2.75, 3.05) is 0 Å². The van der Waals surface area contributed by atoms with E-state index in [2.05, 4.69) is 119 Å². The summed E-state index contributed by atoms with van der Waals surface area (Å²) < 4.78 is 0. The Balaban J connectivity index is 0. The third kappa shape index (κ3) is 8.05. The van der Waals surface area contributed by atoms with Crippen LogP contribution in [0.15, 0.2) is 36.4 Å². The van der Waals surface area contributed by atoms with Gasteiger partial charge < -0.3 is 27.4 Å². The zero-order chi connectivity index (χ0) is 27.3. The first-order chi connectivity index (χ1) is 16.3. The van der Waals surface area contributed by atoms with E-state index in [1.807, 2.05) is 0 Å². The van der Waals surface area contributed by atoms with E-state index in [1.54, 1.807) is 0 Å². The second-order valence-corrected chi connectivity index (χ2v) is 19.9. The molecular weight excluding hydrogens is 537 g/mol. The van der Waals surface area contributed by atoms with Gasteiger partial charge in [-0.05, 0) is 54.5 Å². The summed E-state index contributed by atoms with van der Waals surface area (Å²) in [5, 5.41) is 12.4. The Morgan fingerprint density at radius 2 is 0.825 bits per heavy atom. The average Bonchev–Trinajstić information content (AvgIpc) is 3.39. The predicted molar refractivity (Wildman–Crippen MR) is 183 cm³/mol. The van der Waals surface area contributed by atoms with Gasteiger partial charge in [0.05, 0.1) is 0 Å². The molecule has 4 rings (SSSR count). The minimum absolute atomic E-state index is 0. The Kier molecular flexibility index (Phi) is 14.8. The molecule has 0 aromatic heterocycles. The molecule has 2 aromatic rings. The molecule has 0 spiro atoms. The standard InChI is InChI=1S/C29H43NP.C5H10.3CH3.Ti/c1-26(2,3)19-13-15-21-22-16-14-20(27(4,5)6)18-24(22)25(23(21)17-19)31(30,28(7,8)9)29(10,11)12;1-2-4-5-3-1;;;;/h13-18,25H,1-12H3;1-5H2;3*1H3;/q-1;;3*-1;+4. The first kappa shape index (κ1) is 41.5. The third-order valence-corrected chi connectivity index (χ3v) is 13.8. The van der Waals surface area contributed by atoms with Crippen LogP contribution in [0.3, 0.4) is 0 Å². The molecule has 2 aliphatic carbocycles. The number of fused-ring (bicyclic) bond motifs is 3. The molecular formula is C37H62NPTi. The molecule has 40 heavy (non-hydrogen) atoms. The fraction of sp³-hybridized carbons (Fsp3) is 0.595. The number of nitrogens with zero attached hydrogens (tertiary/aromatic N) is 1. The minimum atomic E-state index is -2.49. The van der Waals surface area contributed by atoms with Gasteiger partial charge in [0, 0.05) is 5.66 Å². The van der Waals surface area contributed by atoms with E-state index < -0.39 is 7.05 Å². The van der Waals surface area contributed by atoms with Crippen molar-refractivity contribution in [3.05, 3.63) is 86.1 Å². The molecule has 2 aromatic carbocycles. The third-order valence-electron chi connectivity index (χ3n) is 8.38. The van der Waals surface area contributed by atoms with Crippen LogP contribution < -0.4 is 0 Å². The van der Waals surface area contributed by atoms with Crippen LogP contribution in [0.4, 0.5) is 0 Å². The van der Waals surface area contributed by atoms with Gasteiger partial charge in [0.25, 0.3) is 0 Å². The van der Waals surface area contributed by atoms with Gasteiger partial charge in [-0.25, -0.2) is 7.05 Å². The molecule has 1 nitrogen and oxygen atoms in total. The van der Waals surface area contributed by atoms with E-state index in [4.69, 9.17) is 0 Å². The molecule has 0 atom stereocenters. The molecule has 0 amide bonds. The van der Waals surface area contributed by atoms with Gasteiger partial charge in [0.15, 0.2) is 0 Å². The van der Waals surface area contributed by atoms with Crippen molar-refractivity contribution in [1.29, 1.82) is 0 Å². The van der Waals surface area contributed by atoms with Gasteiger partial charge in [0.1, 0.15) is 0 Å². The molecule has 1 saturated carbocycles. The van der Waals surface area contributed by atoms with Gasteiger partial charge in [-0.2, -0.15) is 0 Å². The van der Waals surface area contributed by atoms with Crippen LogP contribution >= 0.6 is 7.05 Å². The van der Waals surface area contributed by atoms with Crippen LogP contribution in [0.5, 0.6) is 0 Å². The van der Waals surface area contributed by atoms with Crippen LogP contribution in [0.1, 0.15) is 143 Å². The van der Waals surface area contributed by atoms with Crippen molar-refractivity contribution in [2.24, 2.45) is 0 Å². The van der Waals surface area contributed by atoms with Crippen molar-refractivity contribution >= 4 is 7.05 Å². The van der Waals surface area contributed by atoms with Crippen molar-refractivity contribution in [2.45, 2.75) is 142 Å². The Hall–Kier alpha value is -0.616. The second kappa shape index (κ2) is 14.2. The molecule has 2 aliphatic rings. The molecule has 0 bridgehead atoms. The van der Waals surface area contributed by atoms with Crippen LogP contribution in [-0.4, -0.2) is 10.3 Å². The van der Waals surface area contributed by atoms with Crippen molar-refractivity contribution in [1.82, 2.24) is 0 Å². The molecule has 0 heterocycles. The summed E-state index contributed by atoms with van der Waals surface area (Å²) >= 11 is 0. The molecule has 0 saturated heterocycles. The Morgan fingerprint density at radius 1 is 0.550 bits per heavy atom. The summed E-state index contributed by atoms with van der Waals surface area (Å²) in [4.78, 5) is 0. The minimum Gasteiger partial charge on any atom is -0.807 e. The second-order valence-electron chi connectivity index (χ2n) is 15.3. The van der Waals surface area contributed by atoms with Crippen LogP contribution in [0.25, 0.3) is 16.3 Å². The van der Waals surface area contributed by atoms with Crippen LogP contribution in [-0.2, 0) is 32.5 Å². The first-order valence-corrected chi connectivity index (χ1v) is 16.0. The van der Waals surface area contributed by atoms with Crippen LogP contribution in [0, 0.1) is 22.3 Å².